The summed E-state index contributed by atoms with van der Waals surface area (Å²) in [6.45, 7) is 6.61. The second-order valence-electron chi connectivity index (χ2n) is 9.11. The highest BCUT2D eigenvalue weighted by Crippen LogP contribution is 2.42. The Labute approximate surface area is 216 Å². The van der Waals surface area contributed by atoms with Gasteiger partial charge in [0.2, 0.25) is 0 Å². The first-order valence-corrected chi connectivity index (χ1v) is 12.6. The number of carbonyl (C=O) groups excluding carboxylic acids is 2. The fourth-order valence-electron chi connectivity index (χ4n) is 4.72. The van der Waals surface area contributed by atoms with Gasteiger partial charge in [-0.15, -0.1) is 0 Å². The number of benzene rings is 2. The van der Waals surface area contributed by atoms with Gasteiger partial charge >= 0.3 is 0 Å². The number of nitrogens with zero attached hydrogens (tertiary/aromatic N) is 2. The molecule has 4 rings (SSSR count). The van der Waals surface area contributed by atoms with Gasteiger partial charge in [-0.1, -0.05) is 25.1 Å². The lowest BCUT2D eigenvalue weighted by Gasteiger charge is -2.29. The molecule has 9 nitrogen and oxygen atoms in total. The van der Waals surface area contributed by atoms with Gasteiger partial charge < -0.3 is 29.3 Å². The molecule has 9 heteroatoms. The maximum Gasteiger partial charge on any atom is 0.295 e. The van der Waals surface area contributed by atoms with Crippen LogP contribution < -0.4 is 9.47 Å². The van der Waals surface area contributed by atoms with Gasteiger partial charge in [0.1, 0.15) is 11.5 Å². The number of aliphatic hydroxyl groups excluding tert-OH is 1. The van der Waals surface area contributed by atoms with Gasteiger partial charge in [0.05, 0.1) is 38.5 Å². The number of hydrogen-bond donors (Lipinski definition) is 2. The van der Waals surface area contributed by atoms with E-state index in [2.05, 4.69) is 4.90 Å². The van der Waals surface area contributed by atoms with Crippen LogP contribution in [0.15, 0.2) is 48.0 Å². The van der Waals surface area contributed by atoms with Gasteiger partial charge in [-0.05, 0) is 42.7 Å². The van der Waals surface area contributed by atoms with E-state index < -0.39 is 17.7 Å². The van der Waals surface area contributed by atoms with E-state index in [1.165, 1.54) is 18.1 Å². The van der Waals surface area contributed by atoms with Crippen LogP contribution in [0, 0.1) is 0 Å². The van der Waals surface area contributed by atoms with E-state index in [1.807, 2.05) is 6.92 Å². The van der Waals surface area contributed by atoms with Crippen LogP contribution in [0.1, 0.15) is 36.9 Å². The highest BCUT2D eigenvalue weighted by molar-refractivity contribution is 6.46. The Kier molecular flexibility index (Phi) is 8.68. The summed E-state index contributed by atoms with van der Waals surface area (Å²) in [6, 6.07) is 10.7. The molecule has 198 valence electrons. The molecule has 0 bridgehead atoms. The number of ether oxygens (including phenoxy) is 3. The minimum atomic E-state index is -0.834. The molecule has 2 saturated heterocycles. The summed E-state index contributed by atoms with van der Waals surface area (Å²) >= 11 is 0. The van der Waals surface area contributed by atoms with Gasteiger partial charge in [-0.2, -0.15) is 0 Å². The van der Waals surface area contributed by atoms with E-state index >= 15 is 0 Å². The van der Waals surface area contributed by atoms with Crippen molar-refractivity contribution in [3.63, 3.8) is 0 Å². The van der Waals surface area contributed by atoms with E-state index in [4.69, 9.17) is 14.2 Å². The first-order chi connectivity index (χ1) is 17.9. The van der Waals surface area contributed by atoms with Crippen LogP contribution in [-0.2, 0) is 14.3 Å². The first kappa shape index (κ1) is 26.5. The van der Waals surface area contributed by atoms with E-state index in [0.29, 0.717) is 49.7 Å². The SMILES string of the molecule is CCCOc1cccc(C(O)=C2C(=O)C(=O)N(CCCN3CCOCC3)C2c2ccc(O)c(OC)c2)c1. The number of phenolic OH excluding ortho intramolecular Hbond substituents is 1. The van der Waals surface area contributed by atoms with Crippen LogP contribution in [-0.4, -0.2) is 84.8 Å². The zero-order valence-electron chi connectivity index (χ0n) is 21.3. The molecule has 1 amide bonds. The molecule has 0 aromatic heterocycles. The van der Waals surface area contributed by atoms with Crippen LogP contribution in [0.2, 0.25) is 0 Å². The van der Waals surface area contributed by atoms with Crippen molar-refractivity contribution in [3.8, 4) is 17.2 Å². The Hall–Kier alpha value is -3.56. The van der Waals surface area contributed by atoms with Crippen LogP contribution in [0.25, 0.3) is 5.76 Å². The number of phenols is 1. The van der Waals surface area contributed by atoms with E-state index in [1.54, 1.807) is 36.4 Å². The Morgan fingerprint density at radius 3 is 2.62 bits per heavy atom. The van der Waals surface area contributed by atoms with Crippen LogP contribution in [0.5, 0.6) is 17.2 Å². The number of likely N-dealkylation sites (tertiary alicyclic amines) is 1. The van der Waals surface area contributed by atoms with Crippen molar-refractivity contribution in [2.24, 2.45) is 0 Å². The quantitative estimate of drug-likeness (QED) is 0.285. The molecular formula is C28H34N2O7. The highest BCUT2D eigenvalue weighted by atomic mass is 16.5. The largest absolute Gasteiger partial charge is 0.507 e. The minimum Gasteiger partial charge on any atom is -0.507 e. The van der Waals surface area contributed by atoms with Gasteiger partial charge in [-0.3, -0.25) is 14.5 Å². The molecule has 2 N–H and O–H groups in total. The summed E-state index contributed by atoms with van der Waals surface area (Å²) in [5.41, 5.74) is 0.938. The number of rotatable bonds is 10. The molecule has 2 aliphatic heterocycles. The predicted octanol–water partition coefficient (Wildman–Crippen LogP) is 3.33. The molecule has 0 aliphatic carbocycles. The number of amides is 1. The van der Waals surface area contributed by atoms with Crippen molar-refractivity contribution >= 4 is 17.4 Å². The summed E-state index contributed by atoms with van der Waals surface area (Å²) < 4.78 is 16.4. The van der Waals surface area contributed by atoms with Crippen LogP contribution >= 0.6 is 0 Å². The maximum atomic E-state index is 13.3. The first-order valence-electron chi connectivity index (χ1n) is 12.6. The number of hydrogen-bond acceptors (Lipinski definition) is 8. The summed E-state index contributed by atoms with van der Waals surface area (Å²) in [5.74, 6) is -0.969. The fraction of sp³-hybridized carbons (Fsp3) is 0.429. The fourth-order valence-corrected chi connectivity index (χ4v) is 4.72. The predicted molar refractivity (Wildman–Crippen MR) is 138 cm³/mol. The van der Waals surface area contributed by atoms with Crippen molar-refractivity contribution in [3.05, 3.63) is 59.2 Å². The van der Waals surface area contributed by atoms with Gasteiger partial charge in [0, 0.05) is 31.7 Å². The van der Waals surface area contributed by atoms with Crippen molar-refractivity contribution < 1.29 is 34.0 Å². The van der Waals surface area contributed by atoms with E-state index in [9.17, 15) is 19.8 Å². The molecule has 2 aromatic carbocycles. The van der Waals surface area contributed by atoms with E-state index in [-0.39, 0.29) is 22.8 Å². The zero-order chi connectivity index (χ0) is 26.4. The molecule has 0 saturated carbocycles. The van der Waals surface area contributed by atoms with Gasteiger partial charge in [-0.25, -0.2) is 0 Å². The number of aromatic hydroxyl groups is 1. The summed E-state index contributed by atoms with van der Waals surface area (Å²) in [5, 5.41) is 21.5. The molecule has 2 aliphatic rings. The number of Topliss-reactive ketones (excluding diaryl/α,β-unsaturated/α-hetero) is 1. The van der Waals surface area contributed by atoms with Crippen molar-refractivity contribution in [1.29, 1.82) is 0 Å². The molecule has 2 heterocycles. The third-order valence-electron chi connectivity index (χ3n) is 6.62. The number of aliphatic hydroxyl groups is 1. The summed E-state index contributed by atoms with van der Waals surface area (Å²) in [6.07, 6.45) is 1.48. The zero-order valence-corrected chi connectivity index (χ0v) is 21.3. The maximum absolute atomic E-state index is 13.3. The number of morpholine rings is 1. The standard InChI is InChI=1S/C28H34N2O7/c1-3-14-37-21-7-4-6-20(17-21)26(32)24-25(19-8-9-22(31)23(18-19)35-2)30(28(34)27(24)33)11-5-10-29-12-15-36-16-13-29/h4,6-9,17-18,25,31-32H,3,5,10-16H2,1-2H3. The van der Waals surface area contributed by atoms with Gasteiger partial charge in [0.15, 0.2) is 11.5 Å². The van der Waals surface area contributed by atoms with Crippen molar-refractivity contribution in [2.45, 2.75) is 25.8 Å². The number of ketones is 1. The number of carbonyl (C=O) groups is 2. The lowest BCUT2D eigenvalue weighted by molar-refractivity contribution is -0.140. The molecule has 2 fully saturated rings. The Balaban J connectivity index is 1.70. The Morgan fingerprint density at radius 2 is 1.89 bits per heavy atom. The third-order valence-corrected chi connectivity index (χ3v) is 6.62. The molecular weight excluding hydrogens is 476 g/mol. The molecule has 1 atom stereocenters. The number of methoxy groups -OCH3 is 1. The van der Waals surface area contributed by atoms with Crippen molar-refractivity contribution in [2.75, 3.05) is 53.1 Å². The molecule has 1 unspecified atom stereocenters. The molecule has 0 spiro atoms. The highest BCUT2D eigenvalue weighted by Gasteiger charge is 2.46. The second-order valence-corrected chi connectivity index (χ2v) is 9.11. The van der Waals surface area contributed by atoms with Crippen LogP contribution in [0.4, 0.5) is 0 Å². The summed E-state index contributed by atoms with van der Waals surface area (Å²) in [7, 11) is 1.43. The third kappa shape index (κ3) is 5.89. The minimum absolute atomic E-state index is 0.00300. The second kappa shape index (κ2) is 12.1. The Morgan fingerprint density at radius 1 is 1.11 bits per heavy atom. The summed E-state index contributed by atoms with van der Waals surface area (Å²) in [4.78, 5) is 30.3. The topological polar surface area (TPSA) is 109 Å². The monoisotopic (exact) mass is 510 g/mol. The van der Waals surface area contributed by atoms with E-state index in [0.717, 1.165) is 26.1 Å². The van der Waals surface area contributed by atoms with Crippen molar-refractivity contribution in [1.82, 2.24) is 9.80 Å². The smallest absolute Gasteiger partial charge is 0.295 e. The van der Waals surface area contributed by atoms with Crippen LogP contribution in [0.3, 0.4) is 0 Å². The van der Waals surface area contributed by atoms with Gasteiger partial charge in [0.25, 0.3) is 11.7 Å². The molecule has 0 radical (unpaired) electrons. The lowest BCUT2D eigenvalue weighted by atomic mass is 9.95. The molecule has 37 heavy (non-hydrogen) atoms. The normalized spacial score (nSPS) is 19.8. The average molecular weight is 511 g/mol. The molecule has 2 aromatic rings. The lowest BCUT2D eigenvalue weighted by Crippen LogP contribution is -2.38. The average Bonchev–Trinajstić information content (AvgIpc) is 3.17. The Bertz CT molecular complexity index is 1160.